The molecule has 0 bridgehead atoms. The van der Waals surface area contributed by atoms with Crippen molar-refractivity contribution in [2.24, 2.45) is 0 Å². The number of fused-ring (bicyclic) bond motifs is 4. The van der Waals surface area contributed by atoms with Gasteiger partial charge in [0.25, 0.3) is 11.8 Å². The quantitative estimate of drug-likeness (QED) is 0.519. The van der Waals surface area contributed by atoms with Gasteiger partial charge in [-0.25, -0.2) is 4.79 Å². The van der Waals surface area contributed by atoms with E-state index in [2.05, 4.69) is 10.6 Å². The minimum atomic E-state index is -0.588. The molecule has 146 valence electrons. The van der Waals surface area contributed by atoms with Crippen molar-refractivity contribution in [3.05, 3.63) is 89.0 Å². The molecule has 30 heavy (non-hydrogen) atoms. The summed E-state index contributed by atoms with van der Waals surface area (Å²) in [4.78, 5) is 50.6. The summed E-state index contributed by atoms with van der Waals surface area (Å²) >= 11 is 0. The highest BCUT2D eigenvalue weighted by molar-refractivity contribution is 6.22. The summed E-state index contributed by atoms with van der Waals surface area (Å²) in [5.74, 6) is -0.982. The first kappa shape index (κ1) is 17.8. The van der Waals surface area contributed by atoms with Crippen molar-refractivity contribution in [2.75, 3.05) is 12.0 Å². The molecule has 0 fully saturated rings. The van der Waals surface area contributed by atoms with Crippen LogP contribution in [0.25, 0.3) is 11.1 Å². The fourth-order valence-electron chi connectivity index (χ4n) is 3.81. The summed E-state index contributed by atoms with van der Waals surface area (Å²) in [7, 11) is 0. The van der Waals surface area contributed by atoms with Crippen molar-refractivity contribution in [1.29, 1.82) is 0 Å². The number of hydrogen-bond donors (Lipinski definition) is 2. The molecule has 2 aliphatic rings. The Morgan fingerprint density at radius 2 is 1.27 bits per heavy atom. The van der Waals surface area contributed by atoms with Gasteiger partial charge in [0.2, 0.25) is 0 Å². The second-order valence-electron chi connectivity index (χ2n) is 7.01. The maximum Gasteiger partial charge on any atom is 0.320 e. The van der Waals surface area contributed by atoms with Crippen LogP contribution in [-0.2, 0) is 0 Å². The van der Waals surface area contributed by atoms with E-state index in [-0.39, 0.29) is 12.5 Å². The van der Waals surface area contributed by atoms with Gasteiger partial charge in [-0.1, -0.05) is 42.5 Å². The Labute approximate surface area is 171 Å². The molecular formula is C23H15N3O4. The fourth-order valence-corrected chi connectivity index (χ4v) is 3.81. The van der Waals surface area contributed by atoms with Gasteiger partial charge in [0, 0.05) is 16.8 Å². The Balaban J connectivity index is 1.27. The minimum absolute atomic E-state index is 0.0873. The van der Waals surface area contributed by atoms with Gasteiger partial charge in [-0.05, 0) is 35.4 Å². The molecule has 3 aromatic rings. The molecule has 1 heterocycles. The second-order valence-corrected chi connectivity index (χ2v) is 7.01. The van der Waals surface area contributed by atoms with E-state index in [0.29, 0.717) is 27.9 Å². The average Bonchev–Trinajstić information content (AvgIpc) is 3.18. The van der Waals surface area contributed by atoms with Crippen molar-refractivity contribution < 1.29 is 19.2 Å². The molecule has 0 unspecified atom stereocenters. The first-order valence-electron chi connectivity index (χ1n) is 9.33. The highest BCUT2D eigenvalue weighted by Crippen LogP contribution is 2.37. The first-order chi connectivity index (χ1) is 14.5. The Kier molecular flexibility index (Phi) is 3.96. The second kappa shape index (κ2) is 6.66. The van der Waals surface area contributed by atoms with E-state index in [4.69, 9.17) is 0 Å². The number of anilines is 1. The van der Waals surface area contributed by atoms with Crippen molar-refractivity contribution >= 4 is 29.3 Å². The van der Waals surface area contributed by atoms with Crippen LogP contribution in [0.15, 0.2) is 66.7 Å². The van der Waals surface area contributed by atoms with Crippen molar-refractivity contribution in [3.63, 3.8) is 0 Å². The molecule has 1 aliphatic carbocycles. The Bertz CT molecular complexity index is 1230. The van der Waals surface area contributed by atoms with Crippen molar-refractivity contribution in [2.45, 2.75) is 0 Å². The molecule has 0 aromatic heterocycles. The number of amides is 4. The van der Waals surface area contributed by atoms with Gasteiger partial charge >= 0.3 is 6.03 Å². The molecule has 3 aromatic carbocycles. The number of nitrogens with zero attached hydrogens (tertiary/aromatic N) is 1. The number of ketones is 1. The number of hydrogen-bond acceptors (Lipinski definition) is 4. The Morgan fingerprint density at radius 1 is 0.700 bits per heavy atom. The molecule has 0 atom stereocenters. The zero-order valence-corrected chi connectivity index (χ0v) is 15.6. The van der Waals surface area contributed by atoms with E-state index in [1.54, 1.807) is 48.5 Å². The maximum atomic E-state index is 12.6. The highest BCUT2D eigenvalue weighted by Gasteiger charge is 2.35. The van der Waals surface area contributed by atoms with Crippen LogP contribution in [0.2, 0.25) is 0 Å². The van der Waals surface area contributed by atoms with Crippen LogP contribution in [0.5, 0.6) is 0 Å². The lowest BCUT2D eigenvalue weighted by Crippen LogP contribution is -2.42. The minimum Gasteiger partial charge on any atom is -0.320 e. The van der Waals surface area contributed by atoms with E-state index in [9.17, 15) is 19.2 Å². The van der Waals surface area contributed by atoms with Gasteiger partial charge < -0.3 is 10.6 Å². The molecule has 5 rings (SSSR count). The van der Waals surface area contributed by atoms with Crippen LogP contribution in [0.1, 0.15) is 36.6 Å². The standard InChI is InChI=1S/C23H15N3O4/c27-20-16-6-2-1-5-14(16)15-10-9-13(11-19(15)20)25-23(30)24-12-26-21(28)17-7-3-4-8-18(17)22(26)29/h1-11H,12H2,(H2,24,25,30). The van der Waals surface area contributed by atoms with Crippen LogP contribution >= 0.6 is 0 Å². The third-order valence-electron chi connectivity index (χ3n) is 5.26. The first-order valence-corrected chi connectivity index (χ1v) is 9.33. The summed E-state index contributed by atoms with van der Waals surface area (Å²) in [6.07, 6.45) is 0. The van der Waals surface area contributed by atoms with E-state index < -0.39 is 17.8 Å². The zero-order valence-electron chi connectivity index (χ0n) is 15.6. The maximum absolute atomic E-state index is 12.6. The van der Waals surface area contributed by atoms with Crippen LogP contribution in [0, 0.1) is 0 Å². The van der Waals surface area contributed by atoms with Gasteiger partial charge in [-0.2, -0.15) is 0 Å². The molecule has 7 heteroatoms. The van der Waals surface area contributed by atoms with Crippen LogP contribution in [0.4, 0.5) is 10.5 Å². The summed E-state index contributed by atoms with van der Waals surface area (Å²) in [5, 5.41) is 5.16. The topological polar surface area (TPSA) is 95.6 Å². The number of carbonyl (C=O) groups excluding carboxylic acids is 4. The molecule has 0 saturated carbocycles. The molecule has 2 N–H and O–H groups in total. The van der Waals surface area contributed by atoms with E-state index >= 15 is 0 Å². The average molecular weight is 397 g/mol. The summed E-state index contributed by atoms with van der Waals surface area (Å²) < 4.78 is 0. The van der Waals surface area contributed by atoms with Crippen LogP contribution in [0.3, 0.4) is 0 Å². The summed E-state index contributed by atoms with van der Waals surface area (Å²) in [6.45, 7) is -0.256. The smallest absolute Gasteiger partial charge is 0.320 e. The predicted molar refractivity (Wildman–Crippen MR) is 109 cm³/mol. The molecule has 4 amide bonds. The van der Waals surface area contributed by atoms with Crippen molar-refractivity contribution in [3.8, 4) is 11.1 Å². The van der Waals surface area contributed by atoms with Gasteiger partial charge in [0.1, 0.15) is 6.67 Å². The third kappa shape index (κ3) is 2.68. The van der Waals surface area contributed by atoms with Crippen LogP contribution in [-0.4, -0.2) is 35.2 Å². The van der Waals surface area contributed by atoms with E-state index in [1.165, 1.54) is 0 Å². The third-order valence-corrected chi connectivity index (χ3v) is 5.26. The molecular weight excluding hydrogens is 382 g/mol. The van der Waals surface area contributed by atoms with Crippen molar-refractivity contribution in [1.82, 2.24) is 10.2 Å². The Morgan fingerprint density at radius 3 is 1.93 bits per heavy atom. The predicted octanol–water partition coefficient (Wildman–Crippen LogP) is 3.27. The Hall–Kier alpha value is -4.26. The van der Waals surface area contributed by atoms with Gasteiger partial charge in [-0.15, -0.1) is 0 Å². The fraction of sp³-hybridized carbons (Fsp3) is 0.0435. The normalized spacial score (nSPS) is 13.7. The van der Waals surface area contributed by atoms with Crippen LogP contribution < -0.4 is 10.6 Å². The number of carbonyl (C=O) groups is 4. The zero-order chi connectivity index (χ0) is 20.8. The molecule has 0 saturated heterocycles. The SMILES string of the molecule is O=C(NCN1C(=O)c2ccccc2C1=O)Nc1ccc2c(c1)C(=O)c1ccccc1-2. The number of benzene rings is 3. The number of urea groups is 1. The van der Waals surface area contributed by atoms with E-state index in [0.717, 1.165) is 16.0 Å². The lowest BCUT2D eigenvalue weighted by Gasteiger charge is -2.15. The highest BCUT2D eigenvalue weighted by atomic mass is 16.2. The molecule has 1 aliphatic heterocycles. The van der Waals surface area contributed by atoms with Gasteiger partial charge in [0.05, 0.1) is 11.1 Å². The number of rotatable bonds is 3. The molecule has 7 nitrogen and oxygen atoms in total. The summed E-state index contributed by atoms with van der Waals surface area (Å²) in [6, 6.07) is 18.4. The number of nitrogens with one attached hydrogen (secondary N) is 2. The van der Waals surface area contributed by atoms with E-state index in [1.807, 2.05) is 18.2 Å². The van der Waals surface area contributed by atoms with Gasteiger partial charge in [0.15, 0.2) is 5.78 Å². The molecule has 0 spiro atoms. The lowest BCUT2D eigenvalue weighted by atomic mass is 10.1. The van der Waals surface area contributed by atoms with Gasteiger partial charge in [-0.3, -0.25) is 19.3 Å². The number of imide groups is 1. The summed E-state index contributed by atoms with van der Waals surface area (Å²) in [5.41, 5.74) is 3.94. The largest absolute Gasteiger partial charge is 0.320 e. The molecule has 0 radical (unpaired) electrons. The lowest BCUT2D eigenvalue weighted by molar-refractivity contribution is 0.0648. The monoisotopic (exact) mass is 397 g/mol.